The minimum Gasteiger partial charge on any atom is -0.464 e. The Morgan fingerprint density at radius 3 is 2.52 bits per heavy atom. The zero-order valence-electron chi connectivity index (χ0n) is 12.1. The summed E-state index contributed by atoms with van der Waals surface area (Å²) in [5, 5.41) is 3.91. The Hall–Kier alpha value is -2.55. The molecule has 21 heavy (non-hydrogen) atoms. The van der Waals surface area contributed by atoms with Crippen LogP contribution >= 0.6 is 0 Å². The highest BCUT2D eigenvalue weighted by Gasteiger charge is 2.10. The summed E-state index contributed by atoms with van der Waals surface area (Å²) in [5.74, 6) is -0.0388. The van der Waals surface area contributed by atoms with Gasteiger partial charge in [0.25, 0.3) is 0 Å². The summed E-state index contributed by atoms with van der Waals surface area (Å²) >= 11 is 0. The summed E-state index contributed by atoms with van der Waals surface area (Å²) in [7, 11) is 0. The fraction of sp³-hybridized carbons (Fsp3) is 0.167. The van der Waals surface area contributed by atoms with E-state index in [1.54, 1.807) is 6.26 Å². The first-order valence-corrected chi connectivity index (χ1v) is 6.95. The standard InChI is InChI=1S/C18H17NO2/c1-12-3-6-15(7-4-12)19-18(20)10-14-11-21-17-8-5-13(2)9-16(14)17/h3-9,11H,10H2,1-2H3,(H,19,20). The Morgan fingerprint density at radius 2 is 1.76 bits per heavy atom. The van der Waals surface area contributed by atoms with Gasteiger partial charge in [-0.15, -0.1) is 0 Å². The summed E-state index contributed by atoms with van der Waals surface area (Å²) in [5.41, 5.74) is 4.88. The Bertz CT molecular complexity index is 785. The number of nitrogens with one attached hydrogen (secondary N) is 1. The molecule has 0 bridgehead atoms. The van der Waals surface area contributed by atoms with Crippen molar-refractivity contribution in [2.24, 2.45) is 0 Å². The van der Waals surface area contributed by atoms with Crippen LogP contribution in [0.25, 0.3) is 11.0 Å². The van der Waals surface area contributed by atoms with Crippen molar-refractivity contribution in [1.29, 1.82) is 0 Å². The van der Waals surface area contributed by atoms with Crippen LogP contribution in [0, 0.1) is 13.8 Å². The van der Waals surface area contributed by atoms with E-state index in [0.717, 1.165) is 27.8 Å². The molecule has 0 aliphatic carbocycles. The third-order valence-corrected chi connectivity index (χ3v) is 3.50. The first-order chi connectivity index (χ1) is 10.1. The monoisotopic (exact) mass is 279 g/mol. The van der Waals surface area contributed by atoms with Crippen LogP contribution in [0.1, 0.15) is 16.7 Å². The molecular formula is C18H17NO2. The largest absolute Gasteiger partial charge is 0.464 e. The van der Waals surface area contributed by atoms with Gasteiger partial charge in [-0.1, -0.05) is 29.3 Å². The van der Waals surface area contributed by atoms with Crippen LogP contribution in [0.2, 0.25) is 0 Å². The molecule has 0 spiro atoms. The second-order valence-corrected chi connectivity index (χ2v) is 5.35. The van der Waals surface area contributed by atoms with Crippen LogP contribution in [0.4, 0.5) is 5.69 Å². The molecule has 0 radical (unpaired) electrons. The first kappa shape index (κ1) is 13.4. The average Bonchev–Trinajstić information content (AvgIpc) is 2.84. The molecule has 0 fully saturated rings. The second-order valence-electron chi connectivity index (χ2n) is 5.35. The van der Waals surface area contributed by atoms with Crippen LogP contribution in [0.3, 0.4) is 0 Å². The van der Waals surface area contributed by atoms with E-state index < -0.39 is 0 Å². The fourth-order valence-electron chi connectivity index (χ4n) is 2.35. The number of amides is 1. The van der Waals surface area contributed by atoms with Crippen molar-refractivity contribution in [3.05, 3.63) is 65.4 Å². The second kappa shape index (κ2) is 5.44. The highest BCUT2D eigenvalue weighted by atomic mass is 16.3. The van der Waals surface area contributed by atoms with Gasteiger partial charge >= 0.3 is 0 Å². The number of carbonyl (C=O) groups is 1. The number of rotatable bonds is 3. The van der Waals surface area contributed by atoms with Gasteiger partial charge in [0.1, 0.15) is 5.58 Å². The number of furan rings is 1. The number of hydrogen-bond donors (Lipinski definition) is 1. The quantitative estimate of drug-likeness (QED) is 0.779. The maximum absolute atomic E-state index is 12.1. The minimum absolute atomic E-state index is 0.0388. The van der Waals surface area contributed by atoms with Crippen molar-refractivity contribution in [2.45, 2.75) is 20.3 Å². The Kier molecular flexibility index (Phi) is 3.48. The normalized spacial score (nSPS) is 10.8. The fourth-order valence-corrected chi connectivity index (χ4v) is 2.35. The molecule has 0 saturated heterocycles. The molecule has 0 saturated carbocycles. The van der Waals surface area contributed by atoms with Crippen LogP contribution < -0.4 is 5.32 Å². The predicted molar refractivity (Wildman–Crippen MR) is 84.5 cm³/mol. The SMILES string of the molecule is Cc1ccc(NC(=O)Cc2coc3ccc(C)cc23)cc1. The maximum Gasteiger partial charge on any atom is 0.228 e. The van der Waals surface area contributed by atoms with E-state index in [4.69, 9.17) is 4.42 Å². The molecule has 3 rings (SSSR count). The molecule has 0 aliphatic rings. The van der Waals surface area contributed by atoms with E-state index in [0.29, 0.717) is 6.42 Å². The molecule has 1 heterocycles. The van der Waals surface area contributed by atoms with Crippen LogP contribution in [0.15, 0.2) is 53.1 Å². The van der Waals surface area contributed by atoms with E-state index in [1.807, 2.05) is 56.3 Å². The van der Waals surface area contributed by atoms with Crippen LogP contribution in [0.5, 0.6) is 0 Å². The summed E-state index contributed by atoms with van der Waals surface area (Å²) < 4.78 is 5.49. The van der Waals surface area contributed by atoms with Crippen LogP contribution in [-0.2, 0) is 11.2 Å². The van der Waals surface area contributed by atoms with Gasteiger partial charge in [-0.25, -0.2) is 0 Å². The molecule has 106 valence electrons. The van der Waals surface area contributed by atoms with Crippen molar-refractivity contribution >= 4 is 22.6 Å². The molecule has 3 aromatic rings. The van der Waals surface area contributed by atoms with Crippen molar-refractivity contribution in [1.82, 2.24) is 0 Å². The molecule has 3 heteroatoms. The molecule has 1 N–H and O–H groups in total. The molecule has 2 aromatic carbocycles. The Morgan fingerprint density at radius 1 is 1.05 bits per heavy atom. The minimum atomic E-state index is -0.0388. The van der Waals surface area contributed by atoms with Crippen molar-refractivity contribution in [2.75, 3.05) is 5.32 Å². The lowest BCUT2D eigenvalue weighted by Gasteiger charge is -2.05. The van der Waals surface area contributed by atoms with Gasteiger partial charge in [0, 0.05) is 16.6 Å². The van der Waals surface area contributed by atoms with Gasteiger partial charge in [-0.05, 0) is 38.1 Å². The van der Waals surface area contributed by atoms with Gasteiger partial charge < -0.3 is 9.73 Å². The molecule has 0 atom stereocenters. The van der Waals surface area contributed by atoms with E-state index in [2.05, 4.69) is 5.32 Å². The summed E-state index contributed by atoms with van der Waals surface area (Å²) in [4.78, 5) is 12.1. The zero-order valence-corrected chi connectivity index (χ0v) is 12.1. The Balaban J connectivity index is 1.77. The first-order valence-electron chi connectivity index (χ1n) is 6.95. The van der Waals surface area contributed by atoms with Gasteiger partial charge in [-0.3, -0.25) is 4.79 Å². The van der Waals surface area contributed by atoms with Gasteiger partial charge in [0.05, 0.1) is 12.7 Å². The molecule has 0 aliphatic heterocycles. The van der Waals surface area contributed by atoms with E-state index in [1.165, 1.54) is 5.56 Å². The molecule has 0 unspecified atom stereocenters. The van der Waals surface area contributed by atoms with Crippen molar-refractivity contribution < 1.29 is 9.21 Å². The maximum atomic E-state index is 12.1. The number of hydrogen-bond acceptors (Lipinski definition) is 2. The van der Waals surface area contributed by atoms with Crippen LogP contribution in [-0.4, -0.2) is 5.91 Å². The molecule has 1 amide bonds. The Labute approximate surface area is 123 Å². The number of carbonyl (C=O) groups excluding carboxylic acids is 1. The number of anilines is 1. The van der Waals surface area contributed by atoms with E-state index >= 15 is 0 Å². The third kappa shape index (κ3) is 2.97. The molecule has 1 aromatic heterocycles. The average molecular weight is 279 g/mol. The number of aryl methyl sites for hydroxylation is 2. The predicted octanol–water partition coefficient (Wildman–Crippen LogP) is 4.23. The zero-order chi connectivity index (χ0) is 14.8. The van der Waals surface area contributed by atoms with Crippen molar-refractivity contribution in [3.8, 4) is 0 Å². The van der Waals surface area contributed by atoms with E-state index in [9.17, 15) is 4.79 Å². The topological polar surface area (TPSA) is 42.2 Å². The third-order valence-electron chi connectivity index (χ3n) is 3.50. The highest BCUT2D eigenvalue weighted by Crippen LogP contribution is 2.23. The van der Waals surface area contributed by atoms with Gasteiger partial charge in [-0.2, -0.15) is 0 Å². The lowest BCUT2D eigenvalue weighted by Crippen LogP contribution is -2.14. The lowest BCUT2D eigenvalue weighted by atomic mass is 10.1. The van der Waals surface area contributed by atoms with Gasteiger partial charge in [0.15, 0.2) is 0 Å². The smallest absolute Gasteiger partial charge is 0.228 e. The van der Waals surface area contributed by atoms with E-state index in [-0.39, 0.29) is 5.91 Å². The molecule has 3 nitrogen and oxygen atoms in total. The van der Waals surface area contributed by atoms with Gasteiger partial charge in [0.2, 0.25) is 5.91 Å². The number of fused-ring (bicyclic) bond motifs is 1. The molecular weight excluding hydrogens is 262 g/mol. The highest BCUT2D eigenvalue weighted by molar-refractivity contribution is 5.95. The summed E-state index contributed by atoms with van der Waals surface area (Å²) in [6.07, 6.45) is 1.98. The summed E-state index contributed by atoms with van der Waals surface area (Å²) in [6.45, 7) is 4.05. The number of benzene rings is 2. The lowest BCUT2D eigenvalue weighted by molar-refractivity contribution is -0.115. The van der Waals surface area contributed by atoms with Crippen molar-refractivity contribution in [3.63, 3.8) is 0 Å². The summed E-state index contributed by atoms with van der Waals surface area (Å²) in [6, 6.07) is 13.8.